The summed E-state index contributed by atoms with van der Waals surface area (Å²) in [4.78, 5) is 25.2. The molecule has 3 rings (SSSR count). The first-order chi connectivity index (χ1) is 11.0. The van der Waals surface area contributed by atoms with Gasteiger partial charge in [-0.1, -0.05) is 35.3 Å². The highest BCUT2D eigenvalue weighted by Gasteiger charge is 2.47. The molecule has 1 N–H and O–H groups in total. The zero-order valence-corrected chi connectivity index (χ0v) is 14.2. The smallest absolute Gasteiger partial charge is 0.303 e. The van der Waals surface area contributed by atoms with Crippen LogP contribution in [0.4, 0.5) is 0 Å². The quantitative estimate of drug-likeness (QED) is 0.893. The molecule has 1 aromatic carbocycles. The monoisotopic (exact) mass is 355 g/mol. The molecule has 2 atom stereocenters. The maximum Gasteiger partial charge on any atom is 0.303 e. The molecule has 2 aliphatic rings. The standard InChI is InChI=1S/C17H19Cl2NO3/c18-14-3-1-2-11(16(14)19)12-9-13(12)17(23)20-6-4-10(5-7-20)8-15(21)22/h1-3,10,12-13H,4-9H2,(H,21,22). The Morgan fingerprint density at radius 2 is 1.91 bits per heavy atom. The van der Waals surface area contributed by atoms with Crippen molar-refractivity contribution in [2.45, 2.75) is 31.6 Å². The minimum absolute atomic E-state index is 0.0120. The number of carbonyl (C=O) groups excluding carboxylic acids is 1. The van der Waals surface area contributed by atoms with Crippen LogP contribution in [0.3, 0.4) is 0 Å². The number of benzene rings is 1. The molecule has 1 amide bonds. The number of piperidine rings is 1. The Labute approximate surface area is 145 Å². The molecule has 2 unspecified atom stereocenters. The topological polar surface area (TPSA) is 57.6 Å². The van der Waals surface area contributed by atoms with Gasteiger partial charge in [0.05, 0.1) is 10.0 Å². The largest absolute Gasteiger partial charge is 0.481 e. The van der Waals surface area contributed by atoms with Gasteiger partial charge >= 0.3 is 5.97 Å². The van der Waals surface area contributed by atoms with Crippen LogP contribution in [0.2, 0.25) is 10.0 Å². The number of rotatable bonds is 4. The summed E-state index contributed by atoms with van der Waals surface area (Å²) in [7, 11) is 0. The van der Waals surface area contributed by atoms with Gasteiger partial charge in [-0.3, -0.25) is 9.59 Å². The van der Waals surface area contributed by atoms with Crippen molar-refractivity contribution < 1.29 is 14.7 Å². The summed E-state index contributed by atoms with van der Waals surface area (Å²) in [6.07, 6.45) is 2.56. The minimum atomic E-state index is -0.757. The molecule has 0 spiro atoms. The van der Waals surface area contributed by atoms with Crippen molar-refractivity contribution in [3.63, 3.8) is 0 Å². The number of carboxylic acids is 1. The van der Waals surface area contributed by atoms with Crippen molar-refractivity contribution in [2.24, 2.45) is 11.8 Å². The molecule has 0 radical (unpaired) electrons. The van der Waals surface area contributed by atoms with Crippen molar-refractivity contribution in [2.75, 3.05) is 13.1 Å². The lowest BCUT2D eigenvalue weighted by atomic mass is 9.93. The molecule has 0 bridgehead atoms. The third kappa shape index (κ3) is 3.64. The molecule has 1 saturated carbocycles. The van der Waals surface area contributed by atoms with Crippen LogP contribution in [-0.4, -0.2) is 35.0 Å². The number of amides is 1. The van der Waals surface area contributed by atoms with Crippen molar-refractivity contribution in [3.05, 3.63) is 33.8 Å². The van der Waals surface area contributed by atoms with Gasteiger partial charge in [-0.25, -0.2) is 0 Å². The highest BCUT2D eigenvalue weighted by atomic mass is 35.5. The van der Waals surface area contributed by atoms with Crippen LogP contribution >= 0.6 is 23.2 Å². The average Bonchev–Trinajstić information content (AvgIpc) is 3.30. The normalized spacial score (nSPS) is 24.5. The summed E-state index contributed by atoms with van der Waals surface area (Å²) in [5.41, 5.74) is 0.957. The van der Waals surface area contributed by atoms with Crippen LogP contribution in [0.25, 0.3) is 0 Å². The first-order valence-corrected chi connectivity index (χ1v) is 8.67. The molecule has 1 aromatic rings. The second-order valence-corrected chi connectivity index (χ2v) is 7.24. The first-order valence-electron chi connectivity index (χ1n) is 7.92. The molecular weight excluding hydrogens is 337 g/mol. The summed E-state index contributed by atoms with van der Waals surface area (Å²) in [6.45, 7) is 1.31. The predicted octanol–water partition coefficient (Wildman–Crippen LogP) is 3.81. The fourth-order valence-electron chi connectivity index (χ4n) is 3.46. The molecule has 1 aliphatic heterocycles. The maximum atomic E-state index is 12.6. The van der Waals surface area contributed by atoms with Crippen LogP contribution < -0.4 is 0 Å². The van der Waals surface area contributed by atoms with E-state index in [1.54, 1.807) is 6.07 Å². The van der Waals surface area contributed by atoms with Gasteiger partial charge in [0.1, 0.15) is 0 Å². The van der Waals surface area contributed by atoms with Gasteiger partial charge in [-0.15, -0.1) is 0 Å². The van der Waals surface area contributed by atoms with Crippen molar-refractivity contribution in [1.29, 1.82) is 0 Å². The van der Waals surface area contributed by atoms with Gasteiger partial charge in [0.2, 0.25) is 5.91 Å². The lowest BCUT2D eigenvalue weighted by Gasteiger charge is -2.31. The molecule has 1 saturated heterocycles. The van der Waals surface area contributed by atoms with Crippen LogP contribution in [0.1, 0.15) is 37.2 Å². The van der Waals surface area contributed by atoms with E-state index >= 15 is 0 Å². The van der Waals surface area contributed by atoms with Crippen molar-refractivity contribution >= 4 is 35.1 Å². The minimum Gasteiger partial charge on any atom is -0.481 e. The maximum absolute atomic E-state index is 12.6. The van der Waals surface area contributed by atoms with E-state index in [1.807, 2.05) is 17.0 Å². The van der Waals surface area contributed by atoms with Gasteiger partial charge < -0.3 is 10.0 Å². The lowest BCUT2D eigenvalue weighted by Crippen LogP contribution is -2.40. The Hall–Kier alpha value is -1.26. The van der Waals surface area contributed by atoms with E-state index in [-0.39, 0.29) is 30.1 Å². The molecule has 23 heavy (non-hydrogen) atoms. The molecule has 124 valence electrons. The number of carboxylic acid groups (broad SMARTS) is 1. The molecular formula is C17H19Cl2NO3. The van der Waals surface area contributed by atoms with E-state index < -0.39 is 5.97 Å². The molecule has 6 heteroatoms. The Morgan fingerprint density at radius 1 is 1.22 bits per heavy atom. The summed E-state index contributed by atoms with van der Waals surface area (Å²) < 4.78 is 0. The van der Waals surface area contributed by atoms with E-state index in [9.17, 15) is 9.59 Å². The fraction of sp³-hybridized carbons (Fsp3) is 0.529. The van der Waals surface area contributed by atoms with Gasteiger partial charge in [0.15, 0.2) is 0 Å². The zero-order valence-electron chi connectivity index (χ0n) is 12.7. The molecule has 2 fully saturated rings. The highest BCUT2D eigenvalue weighted by molar-refractivity contribution is 6.42. The van der Waals surface area contributed by atoms with Gasteiger partial charge in [0.25, 0.3) is 0 Å². The van der Waals surface area contributed by atoms with Gasteiger partial charge in [-0.05, 0) is 42.7 Å². The second kappa shape index (κ2) is 6.70. The fourth-order valence-corrected chi connectivity index (χ4v) is 3.91. The molecule has 1 heterocycles. The Morgan fingerprint density at radius 3 is 2.57 bits per heavy atom. The third-order valence-electron chi connectivity index (χ3n) is 4.88. The van der Waals surface area contributed by atoms with Gasteiger partial charge in [-0.2, -0.15) is 0 Å². The Kier molecular flexibility index (Phi) is 4.83. The van der Waals surface area contributed by atoms with Crippen LogP contribution in [0.5, 0.6) is 0 Å². The first kappa shape index (κ1) is 16.6. The number of halogens is 2. The van der Waals surface area contributed by atoms with E-state index in [2.05, 4.69) is 0 Å². The van der Waals surface area contributed by atoms with E-state index in [0.29, 0.717) is 23.1 Å². The van der Waals surface area contributed by atoms with Crippen LogP contribution in [-0.2, 0) is 9.59 Å². The summed E-state index contributed by atoms with van der Waals surface area (Å²) in [5, 5.41) is 9.92. The van der Waals surface area contributed by atoms with Crippen molar-refractivity contribution in [3.8, 4) is 0 Å². The van der Waals surface area contributed by atoms with Crippen LogP contribution in [0, 0.1) is 11.8 Å². The van der Waals surface area contributed by atoms with E-state index in [0.717, 1.165) is 24.8 Å². The summed E-state index contributed by atoms with van der Waals surface area (Å²) in [5.74, 6) is -0.256. The SMILES string of the molecule is O=C(O)CC1CCN(C(=O)C2CC2c2cccc(Cl)c2Cl)CC1. The lowest BCUT2D eigenvalue weighted by molar-refractivity contribution is -0.138. The predicted molar refractivity (Wildman–Crippen MR) is 88.9 cm³/mol. The number of hydrogen-bond acceptors (Lipinski definition) is 2. The number of aliphatic carboxylic acids is 1. The average molecular weight is 356 g/mol. The third-order valence-corrected chi connectivity index (χ3v) is 5.71. The highest BCUT2D eigenvalue weighted by Crippen LogP contribution is 2.51. The Bertz CT molecular complexity index is 626. The summed E-state index contributed by atoms with van der Waals surface area (Å²) >= 11 is 12.3. The van der Waals surface area contributed by atoms with Gasteiger partial charge in [0, 0.05) is 25.4 Å². The number of hydrogen-bond donors (Lipinski definition) is 1. The number of nitrogens with zero attached hydrogens (tertiary/aromatic N) is 1. The van der Waals surface area contributed by atoms with Crippen LogP contribution in [0.15, 0.2) is 18.2 Å². The molecule has 4 nitrogen and oxygen atoms in total. The number of likely N-dealkylation sites (tertiary alicyclic amines) is 1. The molecule has 0 aromatic heterocycles. The Balaban J connectivity index is 1.57. The number of carbonyl (C=O) groups is 2. The summed E-state index contributed by atoms with van der Waals surface area (Å²) in [6, 6.07) is 5.55. The molecule has 1 aliphatic carbocycles. The van der Waals surface area contributed by atoms with E-state index in [1.165, 1.54) is 0 Å². The zero-order chi connectivity index (χ0) is 16.6. The van der Waals surface area contributed by atoms with Crippen molar-refractivity contribution in [1.82, 2.24) is 4.90 Å². The van der Waals surface area contributed by atoms with E-state index in [4.69, 9.17) is 28.3 Å². The second-order valence-electron chi connectivity index (χ2n) is 6.46.